The zero-order valence-electron chi connectivity index (χ0n) is 9.99. The van der Waals surface area contributed by atoms with E-state index in [9.17, 15) is 4.79 Å². The molecule has 0 radical (unpaired) electrons. The van der Waals surface area contributed by atoms with E-state index in [0.29, 0.717) is 13.0 Å². The van der Waals surface area contributed by atoms with Gasteiger partial charge in [-0.3, -0.25) is 0 Å². The largest absolute Gasteiger partial charge is 0.465 e. The maximum atomic E-state index is 10.7. The topological polar surface area (TPSA) is 98.1 Å². The van der Waals surface area contributed by atoms with Crippen molar-refractivity contribution in [3.8, 4) is 0 Å². The Hall–Kier alpha value is -2.20. The molecule has 1 unspecified atom stereocenters. The summed E-state index contributed by atoms with van der Waals surface area (Å²) in [6, 6.07) is 9.23. The molecule has 1 amide bonds. The van der Waals surface area contributed by atoms with Crippen molar-refractivity contribution in [2.75, 3.05) is 6.54 Å². The third kappa shape index (κ3) is 5.23. The molecule has 1 rings (SSSR count). The third-order valence-electron chi connectivity index (χ3n) is 2.56. The molecule has 18 heavy (non-hydrogen) atoms. The number of nitrogens with zero attached hydrogens (tertiary/aromatic N) is 3. The fourth-order valence-corrected chi connectivity index (χ4v) is 1.73. The van der Waals surface area contributed by atoms with Crippen LogP contribution >= 0.6 is 0 Å². The van der Waals surface area contributed by atoms with Crippen LogP contribution in [0, 0.1) is 0 Å². The minimum Gasteiger partial charge on any atom is -0.465 e. The van der Waals surface area contributed by atoms with Gasteiger partial charge in [-0.15, -0.1) is 0 Å². The van der Waals surface area contributed by atoms with Gasteiger partial charge in [-0.2, -0.15) is 0 Å². The van der Waals surface area contributed by atoms with Crippen LogP contribution < -0.4 is 5.32 Å². The Morgan fingerprint density at radius 1 is 1.39 bits per heavy atom. The smallest absolute Gasteiger partial charge is 0.405 e. The molecule has 0 saturated carbocycles. The lowest BCUT2D eigenvalue weighted by atomic mass is 10.0. The summed E-state index contributed by atoms with van der Waals surface area (Å²) < 4.78 is 0. The molecule has 0 aliphatic rings. The highest BCUT2D eigenvalue weighted by Crippen LogP contribution is 2.19. The summed E-state index contributed by atoms with van der Waals surface area (Å²) in [4.78, 5) is 13.4. The maximum Gasteiger partial charge on any atom is 0.405 e. The molecule has 0 saturated heterocycles. The van der Waals surface area contributed by atoms with Gasteiger partial charge in [0.1, 0.15) is 0 Å². The molecule has 0 aliphatic heterocycles. The van der Waals surface area contributed by atoms with E-state index in [1.807, 2.05) is 30.3 Å². The molecule has 6 heteroatoms. The fourth-order valence-electron chi connectivity index (χ4n) is 1.73. The van der Waals surface area contributed by atoms with E-state index in [-0.39, 0.29) is 6.04 Å². The second kappa shape index (κ2) is 7.97. The van der Waals surface area contributed by atoms with Gasteiger partial charge in [0.05, 0.1) is 6.04 Å². The number of carboxylic acid groups (broad SMARTS) is 1. The highest BCUT2D eigenvalue weighted by molar-refractivity contribution is 5.65. The second-order valence-corrected chi connectivity index (χ2v) is 3.86. The van der Waals surface area contributed by atoms with Crippen molar-refractivity contribution in [2.24, 2.45) is 5.11 Å². The second-order valence-electron chi connectivity index (χ2n) is 3.86. The van der Waals surface area contributed by atoms with Crippen molar-refractivity contribution in [2.45, 2.75) is 25.3 Å². The molecule has 0 fully saturated rings. The average Bonchev–Trinajstić information content (AvgIpc) is 2.38. The van der Waals surface area contributed by atoms with Gasteiger partial charge in [-0.05, 0) is 23.9 Å². The van der Waals surface area contributed by atoms with Crippen LogP contribution in [0.15, 0.2) is 35.4 Å². The van der Waals surface area contributed by atoms with E-state index in [4.69, 9.17) is 10.6 Å². The van der Waals surface area contributed by atoms with Crippen LogP contribution in [0.25, 0.3) is 10.4 Å². The summed E-state index contributed by atoms with van der Waals surface area (Å²) in [5, 5.41) is 14.8. The molecule has 2 N–H and O–H groups in total. The lowest BCUT2D eigenvalue weighted by Gasteiger charge is -2.17. The monoisotopic (exact) mass is 248 g/mol. The van der Waals surface area contributed by atoms with Gasteiger partial charge in [0.15, 0.2) is 0 Å². The van der Waals surface area contributed by atoms with Crippen molar-refractivity contribution in [1.29, 1.82) is 0 Å². The van der Waals surface area contributed by atoms with Crippen molar-refractivity contribution < 1.29 is 9.90 Å². The molecular formula is C12H16N4O2. The summed E-state index contributed by atoms with van der Waals surface area (Å²) in [5.41, 5.74) is 9.09. The normalized spacial score (nSPS) is 11.3. The van der Waals surface area contributed by atoms with E-state index < -0.39 is 6.09 Å². The Balaban J connectivity index is 2.51. The van der Waals surface area contributed by atoms with Gasteiger partial charge in [-0.1, -0.05) is 41.9 Å². The standard InChI is InChI=1S/C12H16N4O2/c13-16-14-9-5-4-8-11(15-12(17)18)10-6-2-1-3-7-10/h1-3,6-7,11,15H,4-5,8-9H2,(H,17,18). The number of hydrogen-bond acceptors (Lipinski definition) is 2. The molecule has 96 valence electrons. The average molecular weight is 248 g/mol. The summed E-state index contributed by atoms with van der Waals surface area (Å²) in [5.74, 6) is 0. The van der Waals surface area contributed by atoms with Crippen LogP contribution in [-0.4, -0.2) is 17.7 Å². The fraction of sp³-hybridized carbons (Fsp3) is 0.417. The van der Waals surface area contributed by atoms with Crippen LogP contribution in [0.1, 0.15) is 30.9 Å². The van der Waals surface area contributed by atoms with Gasteiger partial charge in [0.2, 0.25) is 0 Å². The number of hydrogen-bond donors (Lipinski definition) is 2. The first-order chi connectivity index (χ1) is 8.74. The number of benzene rings is 1. The Morgan fingerprint density at radius 2 is 2.11 bits per heavy atom. The Kier molecular flexibility index (Phi) is 6.14. The molecular weight excluding hydrogens is 232 g/mol. The van der Waals surface area contributed by atoms with Gasteiger partial charge >= 0.3 is 6.09 Å². The van der Waals surface area contributed by atoms with E-state index in [1.165, 1.54) is 0 Å². The molecule has 1 atom stereocenters. The maximum absolute atomic E-state index is 10.7. The number of carbonyl (C=O) groups is 1. The molecule has 1 aromatic rings. The van der Waals surface area contributed by atoms with Gasteiger partial charge < -0.3 is 10.4 Å². The van der Waals surface area contributed by atoms with Crippen LogP contribution in [0.4, 0.5) is 4.79 Å². The van der Waals surface area contributed by atoms with Crippen molar-refractivity contribution in [1.82, 2.24) is 5.32 Å². The minimum absolute atomic E-state index is 0.213. The first-order valence-corrected chi connectivity index (χ1v) is 5.79. The van der Waals surface area contributed by atoms with Crippen molar-refractivity contribution >= 4 is 6.09 Å². The van der Waals surface area contributed by atoms with E-state index >= 15 is 0 Å². The Morgan fingerprint density at radius 3 is 2.72 bits per heavy atom. The number of nitrogens with one attached hydrogen (secondary N) is 1. The lowest BCUT2D eigenvalue weighted by molar-refractivity contribution is 0.189. The number of unbranched alkanes of at least 4 members (excludes halogenated alkanes) is 1. The summed E-state index contributed by atoms with van der Waals surface area (Å²) in [6.45, 7) is 0.449. The van der Waals surface area contributed by atoms with Crippen LogP contribution in [0.2, 0.25) is 0 Å². The summed E-state index contributed by atoms with van der Waals surface area (Å²) in [6.07, 6.45) is 1.23. The number of azide groups is 1. The predicted molar refractivity (Wildman–Crippen MR) is 68.2 cm³/mol. The first-order valence-electron chi connectivity index (χ1n) is 5.79. The molecule has 0 aromatic heterocycles. The van der Waals surface area contributed by atoms with Crippen LogP contribution in [0.5, 0.6) is 0 Å². The molecule has 1 aromatic carbocycles. The van der Waals surface area contributed by atoms with Gasteiger partial charge in [-0.25, -0.2) is 4.79 Å². The molecule has 0 heterocycles. The van der Waals surface area contributed by atoms with E-state index in [1.54, 1.807) is 0 Å². The van der Waals surface area contributed by atoms with Crippen LogP contribution in [0.3, 0.4) is 0 Å². The molecule has 6 nitrogen and oxygen atoms in total. The molecule has 0 bridgehead atoms. The SMILES string of the molecule is [N-]=[N+]=NCCCCC(NC(=O)O)c1ccccc1. The number of rotatable bonds is 7. The van der Waals surface area contributed by atoms with E-state index in [2.05, 4.69) is 15.3 Å². The highest BCUT2D eigenvalue weighted by Gasteiger charge is 2.12. The minimum atomic E-state index is -1.03. The van der Waals surface area contributed by atoms with Crippen molar-refractivity contribution in [3.05, 3.63) is 46.3 Å². The highest BCUT2D eigenvalue weighted by atomic mass is 16.4. The first kappa shape index (κ1) is 13.9. The lowest BCUT2D eigenvalue weighted by Crippen LogP contribution is -2.26. The zero-order chi connectivity index (χ0) is 13.2. The van der Waals surface area contributed by atoms with Gasteiger partial charge in [0, 0.05) is 11.5 Å². The Bertz CT molecular complexity index is 415. The van der Waals surface area contributed by atoms with Gasteiger partial charge in [0.25, 0.3) is 0 Å². The van der Waals surface area contributed by atoms with E-state index in [0.717, 1.165) is 18.4 Å². The molecule has 0 spiro atoms. The van der Waals surface area contributed by atoms with Crippen LogP contribution in [-0.2, 0) is 0 Å². The Labute approximate surface area is 105 Å². The molecule has 0 aliphatic carbocycles. The third-order valence-corrected chi connectivity index (χ3v) is 2.56. The zero-order valence-corrected chi connectivity index (χ0v) is 9.99. The quantitative estimate of drug-likeness (QED) is 0.334. The number of amides is 1. The predicted octanol–water partition coefficient (Wildman–Crippen LogP) is 3.48. The summed E-state index contributed by atoms with van der Waals surface area (Å²) in [7, 11) is 0. The summed E-state index contributed by atoms with van der Waals surface area (Å²) >= 11 is 0. The van der Waals surface area contributed by atoms with Crippen molar-refractivity contribution in [3.63, 3.8) is 0 Å².